The van der Waals surface area contributed by atoms with Crippen molar-refractivity contribution >= 4 is 45.1 Å². The number of ether oxygens (including phenoxy) is 1. The van der Waals surface area contributed by atoms with Crippen LogP contribution in [0.2, 0.25) is 10.0 Å². The van der Waals surface area contributed by atoms with Gasteiger partial charge in [-0.3, -0.25) is 9.59 Å². The van der Waals surface area contributed by atoms with E-state index < -0.39 is 63.7 Å². The average Bonchev–Trinajstić information content (AvgIpc) is 2.96. The summed E-state index contributed by atoms with van der Waals surface area (Å²) in [7, 11) is -3.94. The third kappa shape index (κ3) is 7.93. The van der Waals surface area contributed by atoms with E-state index in [0.717, 1.165) is 0 Å². The number of morpholine rings is 1. The van der Waals surface area contributed by atoms with Gasteiger partial charge >= 0.3 is 5.97 Å². The van der Waals surface area contributed by atoms with Gasteiger partial charge < -0.3 is 14.7 Å². The number of aliphatic carboxylic acids is 1. The molecule has 1 amide bonds. The molecule has 1 saturated heterocycles. The highest BCUT2D eigenvalue weighted by Crippen LogP contribution is 2.44. The quantitative estimate of drug-likeness (QED) is 0.251. The Labute approximate surface area is 260 Å². The van der Waals surface area contributed by atoms with Crippen LogP contribution in [-0.2, 0) is 30.8 Å². The summed E-state index contributed by atoms with van der Waals surface area (Å²) in [6.07, 6.45) is -2.44. The van der Waals surface area contributed by atoms with Crippen LogP contribution < -0.4 is 4.72 Å². The molecule has 1 fully saturated rings. The van der Waals surface area contributed by atoms with Gasteiger partial charge in [-0.1, -0.05) is 72.6 Å². The number of hydrogen-bond acceptors (Lipinski definition) is 5. The first-order valence-corrected chi connectivity index (χ1v) is 16.1. The highest BCUT2D eigenvalue weighted by Gasteiger charge is 2.47. The molecule has 0 aliphatic carbocycles. The molecule has 3 aromatic carbocycles. The number of carboxylic acid groups (broad SMARTS) is 1. The maximum atomic E-state index is 14.2. The van der Waals surface area contributed by atoms with Gasteiger partial charge in [-0.2, -0.15) is 0 Å². The van der Waals surface area contributed by atoms with Gasteiger partial charge in [0, 0.05) is 22.6 Å². The van der Waals surface area contributed by atoms with E-state index in [2.05, 4.69) is 4.72 Å². The highest BCUT2D eigenvalue weighted by atomic mass is 35.5. The molecule has 0 spiro atoms. The first-order valence-electron chi connectivity index (χ1n) is 13.8. The molecule has 2 N–H and O–H groups in total. The van der Waals surface area contributed by atoms with Gasteiger partial charge in [-0.15, -0.1) is 0 Å². The number of amides is 1. The molecule has 4 rings (SSSR count). The Bertz CT molecular complexity index is 1560. The van der Waals surface area contributed by atoms with E-state index in [1.807, 2.05) is 6.92 Å². The molecular formula is C31H33Cl2FN2O6S. The molecule has 5 atom stereocenters. The molecule has 1 aliphatic heterocycles. The van der Waals surface area contributed by atoms with Gasteiger partial charge in [0.1, 0.15) is 18.0 Å². The number of carboxylic acids is 1. The topological polar surface area (TPSA) is 113 Å². The lowest BCUT2D eigenvalue weighted by Gasteiger charge is -2.48. The Morgan fingerprint density at radius 3 is 2.37 bits per heavy atom. The van der Waals surface area contributed by atoms with Crippen molar-refractivity contribution in [3.63, 3.8) is 0 Å². The Hall–Kier alpha value is -3.02. The van der Waals surface area contributed by atoms with Crippen LogP contribution in [-0.4, -0.2) is 54.2 Å². The molecule has 0 bridgehead atoms. The molecule has 230 valence electrons. The molecule has 3 aromatic rings. The molecule has 1 aliphatic rings. The Balaban J connectivity index is 1.70. The minimum atomic E-state index is -3.94. The van der Waals surface area contributed by atoms with Gasteiger partial charge in [0.15, 0.2) is 0 Å². The van der Waals surface area contributed by atoms with Crippen molar-refractivity contribution < 1.29 is 32.2 Å². The zero-order valence-electron chi connectivity index (χ0n) is 23.6. The Morgan fingerprint density at radius 1 is 1.05 bits per heavy atom. The van der Waals surface area contributed by atoms with E-state index in [0.29, 0.717) is 27.6 Å². The summed E-state index contributed by atoms with van der Waals surface area (Å²) in [4.78, 5) is 27.2. The second-order valence-electron chi connectivity index (χ2n) is 10.5. The summed E-state index contributed by atoms with van der Waals surface area (Å²) in [5.74, 6) is -2.29. The van der Waals surface area contributed by atoms with Gasteiger partial charge in [-0.05, 0) is 66.8 Å². The molecule has 1 heterocycles. The highest BCUT2D eigenvalue weighted by molar-refractivity contribution is 7.90. The van der Waals surface area contributed by atoms with E-state index in [1.54, 1.807) is 54.6 Å². The number of carbonyl (C=O) groups excluding carboxylic acids is 1. The van der Waals surface area contributed by atoms with Crippen LogP contribution >= 0.6 is 23.2 Å². The van der Waals surface area contributed by atoms with Crippen LogP contribution in [0.5, 0.6) is 0 Å². The minimum Gasteiger partial charge on any atom is -0.481 e. The van der Waals surface area contributed by atoms with Crippen LogP contribution in [0.15, 0.2) is 72.8 Å². The Morgan fingerprint density at radius 2 is 1.74 bits per heavy atom. The summed E-state index contributed by atoms with van der Waals surface area (Å²) in [5.41, 5.74) is 1.56. The molecule has 0 saturated carbocycles. The zero-order chi connectivity index (χ0) is 31.3. The standard InChI is InChI=1S/C31H33Cl2FN2O6S/c1-3-25(18-35-43(40,41)19(2)15-21-7-4-5-10-26(21)34)36-29(20-11-13-23(32)14-12-20)30(22-8-6-9-24(33)16-22)42-27(31(36)39)17-28(37)38/h4-14,16,19,25,27,29-30,35H,3,15,17-18H2,1-2H3,(H,37,38)/t19?,25-,27-,29+,30+/m0/s1. The molecule has 12 heteroatoms. The van der Waals surface area contributed by atoms with E-state index in [1.165, 1.54) is 30.0 Å². The number of benzene rings is 3. The molecule has 43 heavy (non-hydrogen) atoms. The first-order chi connectivity index (χ1) is 20.4. The van der Waals surface area contributed by atoms with Crippen LogP contribution in [0.4, 0.5) is 4.39 Å². The van der Waals surface area contributed by atoms with Gasteiger partial charge in [0.2, 0.25) is 10.0 Å². The van der Waals surface area contributed by atoms with E-state index >= 15 is 0 Å². The maximum absolute atomic E-state index is 14.2. The lowest BCUT2D eigenvalue weighted by Crippen LogP contribution is -2.57. The first kappa shape index (κ1) is 32.9. The van der Waals surface area contributed by atoms with E-state index in [4.69, 9.17) is 27.9 Å². The second kappa shape index (κ2) is 14.2. The third-order valence-corrected chi connectivity index (χ3v) is 9.84. The summed E-state index contributed by atoms with van der Waals surface area (Å²) in [6, 6.07) is 18.3. The number of nitrogens with zero attached hydrogens (tertiary/aromatic N) is 1. The van der Waals surface area contributed by atoms with Crippen molar-refractivity contribution in [2.75, 3.05) is 6.54 Å². The Kier molecular flexibility index (Phi) is 10.8. The molecule has 0 aromatic heterocycles. The van der Waals surface area contributed by atoms with Crippen molar-refractivity contribution in [1.82, 2.24) is 9.62 Å². The number of hydrogen-bond donors (Lipinski definition) is 2. The number of sulfonamides is 1. The number of carbonyl (C=O) groups is 2. The molecule has 1 unspecified atom stereocenters. The normalized spacial score (nSPS) is 20.5. The zero-order valence-corrected chi connectivity index (χ0v) is 25.9. The monoisotopic (exact) mass is 650 g/mol. The summed E-state index contributed by atoms with van der Waals surface area (Å²) < 4.78 is 49.6. The van der Waals surface area contributed by atoms with Gasteiger partial charge in [0.05, 0.1) is 17.7 Å². The minimum absolute atomic E-state index is 0.0415. The maximum Gasteiger partial charge on any atom is 0.306 e. The molecular weight excluding hydrogens is 618 g/mol. The average molecular weight is 652 g/mol. The van der Waals surface area contributed by atoms with Gasteiger partial charge in [0.25, 0.3) is 5.91 Å². The second-order valence-corrected chi connectivity index (χ2v) is 13.6. The lowest BCUT2D eigenvalue weighted by atomic mass is 9.89. The fraction of sp³-hybridized carbons (Fsp3) is 0.355. The molecule has 8 nitrogen and oxygen atoms in total. The number of rotatable bonds is 12. The van der Waals surface area contributed by atoms with Crippen molar-refractivity contribution in [3.8, 4) is 0 Å². The third-order valence-electron chi connectivity index (χ3n) is 7.56. The smallest absolute Gasteiger partial charge is 0.306 e. The van der Waals surface area contributed by atoms with Crippen molar-refractivity contribution in [1.29, 1.82) is 0 Å². The van der Waals surface area contributed by atoms with Crippen LogP contribution in [0.3, 0.4) is 0 Å². The number of nitrogens with one attached hydrogen (secondary N) is 1. The van der Waals surface area contributed by atoms with Crippen LogP contribution in [0.25, 0.3) is 0 Å². The predicted octanol–water partition coefficient (Wildman–Crippen LogP) is 5.95. The van der Waals surface area contributed by atoms with Crippen molar-refractivity contribution in [3.05, 3.63) is 105 Å². The van der Waals surface area contributed by atoms with Gasteiger partial charge in [-0.25, -0.2) is 17.5 Å². The largest absolute Gasteiger partial charge is 0.481 e. The lowest BCUT2D eigenvalue weighted by molar-refractivity contribution is -0.183. The van der Waals surface area contributed by atoms with E-state index in [9.17, 15) is 27.5 Å². The fourth-order valence-corrected chi connectivity index (χ4v) is 6.71. The van der Waals surface area contributed by atoms with E-state index in [-0.39, 0.29) is 18.5 Å². The number of halogens is 3. The van der Waals surface area contributed by atoms with Crippen molar-refractivity contribution in [2.24, 2.45) is 0 Å². The fourth-order valence-electron chi connectivity index (χ4n) is 5.28. The molecule has 0 radical (unpaired) electrons. The van der Waals surface area contributed by atoms with Crippen LogP contribution in [0, 0.1) is 5.82 Å². The summed E-state index contributed by atoms with van der Waals surface area (Å²) >= 11 is 12.5. The van der Waals surface area contributed by atoms with Crippen LogP contribution in [0.1, 0.15) is 55.5 Å². The van der Waals surface area contributed by atoms with Crippen molar-refractivity contribution in [2.45, 2.75) is 62.7 Å². The SMILES string of the molecule is CC[C@@H](CNS(=O)(=O)C(C)Cc1ccccc1F)N1C(=O)[C@H](CC(=O)O)O[C@H](c2cccc(Cl)c2)[C@H]1c1ccc(Cl)cc1. The predicted molar refractivity (Wildman–Crippen MR) is 163 cm³/mol. The summed E-state index contributed by atoms with van der Waals surface area (Å²) in [6.45, 7) is 3.15. The summed E-state index contributed by atoms with van der Waals surface area (Å²) in [5, 5.41) is 9.53.